The molecule has 5 nitrogen and oxygen atoms in total. The van der Waals surface area contributed by atoms with Gasteiger partial charge in [-0.2, -0.15) is 0 Å². The Balaban J connectivity index is 1.37. The third-order valence-electron chi connectivity index (χ3n) is 5.88. The maximum absolute atomic E-state index is 11.0. The lowest BCUT2D eigenvalue weighted by Gasteiger charge is -2.26. The van der Waals surface area contributed by atoms with Crippen LogP contribution in [0.25, 0.3) is 0 Å². The fourth-order valence-electron chi connectivity index (χ4n) is 4.41. The van der Waals surface area contributed by atoms with Crippen molar-refractivity contribution in [3.8, 4) is 5.75 Å². The zero-order valence-electron chi connectivity index (χ0n) is 16.2. The molecule has 1 unspecified atom stereocenters. The molecule has 2 N–H and O–H groups in total. The SMILES string of the molecule is O=C(O)c1ccc(C[C@H]2[C@@H](C=CC(O)COc3ccccc3)[C@H]3CC[C@@H]2O3)cc1. The van der Waals surface area contributed by atoms with Gasteiger partial charge in [0.25, 0.3) is 0 Å². The number of aliphatic hydroxyl groups is 1. The molecule has 2 aliphatic heterocycles. The molecule has 2 aliphatic rings. The summed E-state index contributed by atoms with van der Waals surface area (Å²) in [7, 11) is 0. The van der Waals surface area contributed by atoms with Gasteiger partial charge in [-0.3, -0.25) is 0 Å². The van der Waals surface area contributed by atoms with Crippen LogP contribution in [0, 0.1) is 11.8 Å². The summed E-state index contributed by atoms with van der Waals surface area (Å²) in [6.45, 7) is 0.212. The molecule has 152 valence electrons. The Kier molecular flexibility index (Phi) is 5.97. The Labute approximate surface area is 170 Å². The van der Waals surface area contributed by atoms with Crippen molar-refractivity contribution in [3.05, 3.63) is 77.9 Å². The van der Waals surface area contributed by atoms with Crippen molar-refractivity contribution in [2.24, 2.45) is 11.8 Å². The van der Waals surface area contributed by atoms with Gasteiger partial charge in [-0.25, -0.2) is 4.79 Å². The zero-order chi connectivity index (χ0) is 20.2. The molecule has 0 saturated carbocycles. The monoisotopic (exact) mass is 394 g/mol. The third kappa shape index (κ3) is 4.69. The zero-order valence-corrected chi connectivity index (χ0v) is 16.2. The van der Waals surface area contributed by atoms with Crippen LogP contribution in [0.15, 0.2) is 66.7 Å². The first kappa shape index (κ1) is 19.7. The second-order valence-corrected chi connectivity index (χ2v) is 7.81. The highest BCUT2D eigenvalue weighted by Crippen LogP contribution is 2.45. The molecular formula is C24H26O5. The molecule has 29 heavy (non-hydrogen) atoms. The van der Waals surface area contributed by atoms with Crippen LogP contribution in [0.1, 0.15) is 28.8 Å². The quantitative estimate of drug-likeness (QED) is 0.668. The maximum Gasteiger partial charge on any atom is 0.335 e. The van der Waals surface area contributed by atoms with Gasteiger partial charge in [-0.15, -0.1) is 0 Å². The number of carbonyl (C=O) groups is 1. The molecule has 0 aromatic heterocycles. The van der Waals surface area contributed by atoms with Crippen LogP contribution in [-0.2, 0) is 11.2 Å². The average molecular weight is 394 g/mol. The van der Waals surface area contributed by atoms with Crippen molar-refractivity contribution in [1.29, 1.82) is 0 Å². The summed E-state index contributed by atoms with van der Waals surface area (Å²) < 4.78 is 11.8. The Morgan fingerprint density at radius 1 is 1.10 bits per heavy atom. The van der Waals surface area contributed by atoms with Crippen LogP contribution in [-0.4, -0.2) is 41.1 Å². The molecule has 2 heterocycles. The number of hydrogen-bond donors (Lipinski definition) is 2. The molecule has 0 radical (unpaired) electrons. The molecule has 2 saturated heterocycles. The smallest absolute Gasteiger partial charge is 0.335 e. The van der Waals surface area contributed by atoms with Gasteiger partial charge < -0.3 is 19.7 Å². The summed E-state index contributed by atoms with van der Waals surface area (Å²) >= 11 is 0. The summed E-state index contributed by atoms with van der Waals surface area (Å²) in [6.07, 6.45) is 6.60. The fraction of sp³-hybridized carbons (Fsp3) is 0.375. The van der Waals surface area contributed by atoms with Crippen LogP contribution in [0.4, 0.5) is 0 Å². The number of aromatic carboxylic acids is 1. The lowest BCUT2D eigenvalue weighted by atomic mass is 9.76. The van der Waals surface area contributed by atoms with E-state index < -0.39 is 12.1 Å². The number of para-hydroxylation sites is 1. The number of ether oxygens (including phenoxy) is 2. The largest absolute Gasteiger partial charge is 0.491 e. The van der Waals surface area contributed by atoms with E-state index in [0.717, 1.165) is 30.6 Å². The van der Waals surface area contributed by atoms with Crippen LogP contribution in [0.3, 0.4) is 0 Å². The first-order chi connectivity index (χ1) is 14.1. The minimum atomic E-state index is -0.910. The number of aliphatic hydroxyl groups excluding tert-OH is 1. The minimum absolute atomic E-state index is 0.196. The number of carboxylic acid groups (broad SMARTS) is 1. The molecule has 5 heteroatoms. The Morgan fingerprint density at radius 3 is 2.55 bits per heavy atom. The van der Waals surface area contributed by atoms with E-state index in [0.29, 0.717) is 11.5 Å². The van der Waals surface area contributed by atoms with Crippen molar-refractivity contribution in [1.82, 2.24) is 0 Å². The topological polar surface area (TPSA) is 76.0 Å². The highest BCUT2D eigenvalue weighted by molar-refractivity contribution is 5.87. The summed E-state index contributed by atoms with van der Waals surface area (Å²) in [5, 5.41) is 19.4. The first-order valence-corrected chi connectivity index (χ1v) is 10.1. The average Bonchev–Trinajstić information content (AvgIpc) is 3.34. The molecule has 2 fully saturated rings. The number of rotatable bonds is 8. The first-order valence-electron chi connectivity index (χ1n) is 10.1. The van der Waals surface area contributed by atoms with Crippen molar-refractivity contribution in [2.75, 3.05) is 6.61 Å². The van der Waals surface area contributed by atoms with Crippen LogP contribution in [0.5, 0.6) is 5.75 Å². The molecule has 2 bridgehead atoms. The van der Waals surface area contributed by atoms with Gasteiger partial charge in [0.2, 0.25) is 0 Å². The third-order valence-corrected chi connectivity index (χ3v) is 5.88. The van der Waals surface area contributed by atoms with E-state index in [1.54, 1.807) is 12.1 Å². The van der Waals surface area contributed by atoms with Gasteiger partial charge in [0.1, 0.15) is 18.5 Å². The summed E-state index contributed by atoms with van der Waals surface area (Å²) in [6, 6.07) is 16.5. The van der Waals surface area contributed by atoms with E-state index in [4.69, 9.17) is 14.6 Å². The predicted molar refractivity (Wildman–Crippen MR) is 109 cm³/mol. The van der Waals surface area contributed by atoms with E-state index in [-0.39, 0.29) is 24.7 Å². The molecule has 0 aliphatic carbocycles. The summed E-state index contributed by atoms with van der Waals surface area (Å²) in [5.41, 5.74) is 1.42. The highest BCUT2D eigenvalue weighted by Gasteiger charge is 2.47. The van der Waals surface area contributed by atoms with Gasteiger partial charge in [0.15, 0.2) is 0 Å². The van der Waals surface area contributed by atoms with Gasteiger partial charge in [0.05, 0.1) is 17.8 Å². The normalized spacial score (nSPS) is 26.7. The second kappa shape index (κ2) is 8.80. The molecule has 5 atom stereocenters. The van der Waals surface area contributed by atoms with E-state index in [1.807, 2.05) is 48.5 Å². The molecule has 0 spiro atoms. The highest BCUT2D eigenvalue weighted by atomic mass is 16.5. The number of carboxylic acids is 1. The van der Waals surface area contributed by atoms with Crippen LogP contribution < -0.4 is 4.74 Å². The Hall–Kier alpha value is -2.63. The Morgan fingerprint density at radius 2 is 1.83 bits per heavy atom. The second-order valence-electron chi connectivity index (χ2n) is 7.81. The van der Waals surface area contributed by atoms with E-state index in [2.05, 4.69) is 6.08 Å². The van der Waals surface area contributed by atoms with Crippen molar-refractivity contribution < 1.29 is 24.5 Å². The van der Waals surface area contributed by atoms with E-state index >= 15 is 0 Å². The minimum Gasteiger partial charge on any atom is -0.491 e. The van der Waals surface area contributed by atoms with Crippen molar-refractivity contribution >= 4 is 5.97 Å². The standard InChI is InChI=1S/C24H26O5/c25-18(15-28-19-4-2-1-3-5-19)10-11-20-21(23-13-12-22(20)29-23)14-16-6-8-17(9-7-16)24(26)27/h1-11,18,20-23,25H,12-15H2,(H,26,27)/t18?,20-,21+,22-,23+/m1/s1. The number of hydrogen-bond acceptors (Lipinski definition) is 4. The van der Waals surface area contributed by atoms with Crippen molar-refractivity contribution in [3.63, 3.8) is 0 Å². The molecular weight excluding hydrogens is 368 g/mol. The molecule has 2 aromatic carbocycles. The van der Waals surface area contributed by atoms with Crippen molar-refractivity contribution in [2.45, 2.75) is 37.6 Å². The number of fused-ring (bicyclic) bond motifs is 2. The van der Waals surface area contributed by atoms with Gasteiger partial charge in [-0.05, 0) is 55.0 Å². The van der Waals surface area contributed by atoms with Gasteiger partial charge in [-0.1, -0.05) is 42.5 Å². The van der Waals surface area contributed by atoms with Gasteiger partial charge >= 0.3 is 5.97 Å². The van der Waals surface area contributed by atoms with Crippen LogP contribution >= 0.6 is 0 Å². The van der Waals surface area contributed by atoms with Crippen LogP contribution in [0.2, 0.25) is 0 Å². The predicted octanol–water partition coefficient (Wildman–Crippen LogP) is 3.72. The molecule has 4 rings (SSSR count). The van der Waals surface area contributed by atoms with E-state index in [9.17, 15) is 9.90 Å². The summed E-state index contributed by atoms with van der Waals surface area (Å²) in [4.78, 5) is 11.0. The van der Waals surface area contributed by atoms with Gasteiger partial charge in [0, 0.05) is 5.92 Å². The Bertz CT molecular complexity index is 845. The lowest BCUT2D eigenvalue weighted by molar-refractivity contribution is 0.0696. The lowest BCUT2D eigenvalue weighted by Crippen LogP contribution is -2.28. The number of benzene rings is 2. The maximum atomic E-state index is 11.0. The van der Waals surface area contributed by atoms with E-state index in [1.165, 1.54) is 0 Å². The fourth-order valence-corrected chi connectivity index (χ4v) is 4.41. The summed E-state index contributed by atoms with van der Waals surface area (Å²) in [5.74, 6) is 0.417. The molecule has 2 aromatic rings. The molecule has 0 amide bonds.